The van der Waals surface area contributed by atoms with Crippen LogP contribution in [0.3, 0.4) is 0 Å². The average Bonchev–Trinajstić information content (AvgIpc) is 3.45. The molecule has 2 heterocycles. The van der Waals surface area contributed by atoms with E-state index in [0.29, 0.717) is 5.56 Å². The quantitative estimate of drug-likeness (QED) is 0.283. The Hall–Kier alpha value is -5.20. The first kappa shape index (κ1) is 21.0. The van der Waals surface area contributed by atoms with Crippen molar-refractivity contribution >= 4 is 29.7 Å². The summed E-state index contributed by atoms with van der Waals surface area (Å²) in [5.74, 6) is -0.718. The maximum Gasteiger partial charge on any atom is 0.316 e. The lowest BCUT2D eigenvalue weighted by atomic mass is 10.1. The number of nitrogen functional groups attached to an aromatic ring is 1. The lowest BCUT2D eigenvalue weighted by Crippen LogP contribution is -2.19. The van der Waals surface area contributed by atoms with Gasteiger partial charge in [0.05, 0.1) is 4.91 Å². The second kappa shape index (κ2) is 9.30. The van der Waals surface area contributed by atoms with Crippen molar-refractivity contribution < 1.29 is 19.6 Å². The molecule has 0 fully saturated rings. The van der Waals surface area contributed by atoms with Gasteiger partial charge >= 0.3 is 5.69 Å². The summed E-state index contributed by atoms with van der Waals surface area (Å²) in [6, 6.07) is 15.2. The molecule has 0 aliphatic carbocycles. The lowest BCUT2D eigenvalue weighted by molar-refractivity contribution is -0.729. The Balaban J connectivity index is 1.62. The smallest absolute Gasteiger partial charge is 0.316 e. The molecule has 0 bridgehead atoms. The number of allylic oxidation sites excluding steroid dienone is 1. The van der Waals surface area contributed by atoms with Crippen LogP contribution in [0, 0.1) is 4.91 Å². The van der Waals surface area contributed by atoms with E-state index in [1.807, 2.05) is 36.4 Å². The largest absolute Gasteiger partial charge is 0.378 e. The fourth-order valence-corrected chi connectivity index (χ4v) is 2.84. The Kier molecular flexibility index (Phi) is 5.93. The number of aromatic nitrogens is 5. The van der Waals surface area contributed by atoms with Crippen molar-refractivity contribution in [3.8, 4) is 17.1 Å². The number of hydrogen-bond acceptors (Lipinski definition) is 9. The van der Waals surface area contributed by atoms with E-state index < -0.39 is 5.91 Å². The van der Waals surface area contributed by atoms with Gasteiger partial charge in [-0.25, -0.2) is 15.3 Å². The monoisotopic (exact) mass is 446 g/mol. The summed E-state index contributed by atoms with van der Waals surface area (Å²) in [6.07, 6.45) is 4.89. The molecule has 4 N–H and O–H groups in total. The van der Waals surface area contributed by atoms with Gasteiger partial charge < -0.3 is 5.73 Å². The highest BCUT2D eigenvalue weighted by molar-refractivity contribution is 5.98. The van der Waals surface area contributed by atoms with Crippen LogP contribution >= 0.6 is 0 Å². The first-order valence-corrected chi connectivity index (χ1v) is 9.40. The number of hydrogen-bond donors (Lipinski definition) is 3. The van der Waals surface area contributed by atoms with Gasteiger partial charge in [0.25, 0.3) is 10.8 Å². The van der Waals surface area contributed by atoms with E-state index in [1.165, 1.54) is 35.2 Å². The van der Waals surface area contributed by atoms with Gasteiger partial charge in [-0.2, -0.15) is 9.78 Å². The number of nitrogens with two attached hydrogens (primary N) is 1. The first-order chi connectivity index (χ1) is 16.0. The minimum atomic E-state index is -0.660. The number of hydrazone groups is 1. The molecule has 4 aromatic rings. The van der Waals surface area contributed by atoms with Crippen LogP contribution < -0.4 is 11.2 Å². The van der Waals surface area contributed by atoms with Gasteiger partial charge in [0, 0.05) is 23.9 Å². The first-order valence-electron chi connectivity index (χ1n) is 9.40. The van der Waals surface area contributed by atoms with Crippen LogP contribution in [-0.2, 0) is 0 Å². The third kappa shape index (κ3) is 4.61. The van der Waals surface area contributed by atoms with Crippen LogP contribution in [0.4, 0.5) is 11.5 Å². The minimum Gasteiger partial charge on any atom is -0.378 e. The molecule has 33 heavy (non-hydrogen) atoms. The molecule has 0 radical (unpaired) electrons. The Morgan fingerprint density at radius 3 is 2.58 bits per heavy atom. The predicted octanol–water partition coefficient (Wildman–Crippen LogP) is 2.13. The van der Waals surface area contributed by atoms with Gasteiger partial charge in [-0.3, -0.25) is 4.79 Å². The number of amides is 1. The lowest BCUT2D eigenvalue weighted by Gasteiger charge is -2.05. The minimum absolute atomic E-state index is 0.0128. The zero-order chi connectivity index (χ0) is 23.2. The van der Waals surface area contributed by atoms with Gasteiger partial charge in [-0.1, -0.05) is 41.6 Å². The molecule has 13 nitrogen and oxygen atoms in total. The molecule has 0 aliphatic heterocycles. The van der Waals surface area contributed by atoms with E-state index in [9.17, 15) is 9.70 Å². The van der Waals surface area contributed by atoms with Gasteiger partial charge in [-0.15, -0.1) is 5.10 Å². The number of benzene rings is 2. The van der Waals surface area contributed by atoms with Crippen molar-refractivity contribution in [2.24, 2.45) is 5.10 Å². The number of carbonyl (C=O) groups is 1. The zero-order valence-corrected chi connectivity index (χ0v) is 16.8. The number of nitrogens with zero attached hydrogens (tertiary/aromatic N) is 7. The van der Waals surface area contributed by atoms with Crippen LogP contribution in [0.5, 0.6) is 0 Å². The van der Waals surface area contributed by atoms with Crippen molar-refractivity contribution in [3.63, 3.8) is 0 Å². The molecule has 164 valence electrons. The van der Waals surface area contributed by atoms with Crippen LogP contribution in [0.1, 0.15) is 16.1 Å². The zero-order valence-electron chi connectivity index (χ0n) is 16.8. The van der Waals surface area contributed by atoms with E-state index in [2.05, 4.69) is 35.8 Å². The number of nitrogens with one attached hydrogen (secondary N) is 1. The molecule has 4 rings (SSSR count). The third-order valence-electron chi connectivity index (χ3n) is 4.36. The van der Waals surface area contributed by atoms with E-state index in [4.69, 9.17) is 10.9 Å². The second-order valence-corrected chi connectivity index (χ2v) is 6.48. The molecule has 2 aromatic heterocycles. The fourth-order valence-electron chi connectivity index (χ4n) is 2.84. The van der Waals surface area contributed by atoms with Crippen LogP contribution in [0.15, 0.2) is 70.4 Å². The third-order valence-corrected chi connectivity index (χ3v) is 4.36. The molecular weight excluding hydrogens is 430 g/mol. The molecule has 0 saturated carbocycles. The molecular formula is C20H16N9O4+. The second-order valence-electron chi connectivity index (χ2n) is 6.48. The highest BCUT2D eigenvalue weighted by Crippen LogP contribution is 2.27. The molecule has 0 spiro atoms. The molecule has 0 atom stereocenters. The number of rotatable bonds is 7. The summed E-state index contributed by atoms with van der Waals surface area (Å²) >= 11 is 0. The van der Waals surface area contributed by atoms with Crippen molar-refractivity contribution in [3.05, 3.63) is 76.8 Å². The molecule has 2 aromatic carbocycles. The number of anilines is 1. The van der Waals surface area contributed by atoms with Gasteiger partial charge in [0.1, 0.15) is 5.69 Å². The van der Waals surface area contributed by atoms with Crippen LogP contribution in [0.25, 0.3) is 23.2 Å². The summed E-state index contributed by atoms with van der Waals surface area (Å²) < 4.78 is 5.78. The normalized spacial score (nSPS) is 11.3. The maximum atomic E-state index is 12.8. The molecule has 0 unspecified atom stereocenters. The van der Waals surface area contributed by atoms with Crippen molar-refractivity contribution in [1.82, 2.24) is 30.7 Å². The van der Waals surface area contributed by atoms with Crippen molar-refractivity contribution in [2.75, 3.05) is 5.73 Å². The SMILES string of the molecule is Nc1nonc1-n1nnc(C(=O)N/N=C/C=C/c2ccccc2)c1-c1ccc([N+](=O)O)cc1. The summed E-state index contributed by atoms with van der Waals surface area (Å²) in [6.45, 7) is 0. The van der Waals surface area contributed by atoms with Crippen LogP contribution in [0.2, 0.25) is 0 Å². The summed E-state index contributed by atoms with van der Waals surface area (Å²) in [5, 5.41) is 28.0. The van der Waals surface area contributed by atoms with Crippen molar-refractivity contribution in [1.29, 1.82) is 0 Å². The standard InChI is InChI=1S/C20H15N9O4/c21-18-19(26-33-25-18)28-17(14-8-10-15(11-9-14)29(31)32)16(23-27-28)20(30)24-22-12-4-7-13-5-2-1-3-6-13/h1-12H,(H3-,21,24,25,30,31,32)/p+1/b7-4+,22-12+. The molecule has 0 saturated heterocycles. The van der Waals surface area contributed by atoms with Crippen LogP contribution in [-0.4, -0.2) is 47.6 Å². The summed E-state index contributed by atoms with van der Waals surface area (Å²) in [4.78, 5) is 23.6. The maximum absolute atomic E-state index is 12.8. The fraction of sp³-hybridized carbons (Fsp3) is 0. The van der Waals surface area contributed by atoms with E-state index >= 15 is 0 Å². The van der Waals surface area contributed by atoms with E-state index in [-0.39, 0.29) is 33.6 Å². The number of carbonyl (C=O) groups excluding carboxylic acids is 1. The Morgan fingerprint density at radius 2 is 1.91 bits per heavy atom. The van der Waals surface area contributed by atoms with Gasteiger partial charge in [0.15, 0.2) is 5.69 Å². The molecule has 1 amide bonds. The highest BCUT2D eigenvalue weighted by Gasteiger charge is 2.25. The topological polar surface area (TPSA) is 177 Å². The Labute approximate surface area is 185 Å². The van der Waals surface area contributed by atoms with E-state index in [1.54, 1.807) is 6.08 Å². The average molecular weight is 446 g/mol. The van der Waals surface area contributed by atoms with E-state index in [0.717, 1.165) is 5.56 Å². The summed E-state index contributed by atoms with van der Waals surface area (Å²) in [7, 11) is 0. The molecule has 0 aliphatic rings. The summed E-state index contributed by atoms with van der Waals surface area (Å²) in [5.41, 5.74) is 9.61. The Morgan fingerprint density at radius 1 is 1.15 bits per heavy atom. The highest BCUT2D eigenvalue weighted by atomic mass is 16.6. The molecule has 13 heteroatoms. The Bertz CT molecular complexity index is 1340. The van der Waals surface area contributed by atoms with Crippen molar-refractivity contribution in [2.45, 2.75) is 0 Å². The predicted molar refractivity (Wildman–Crippen MR) is 116 cm³/mol. The van der Waals surface area contributed by atoms with Gasteiger partial charge in [0.2, 0.25) is 11.6 Å². The van der Waals surface area contributed by atoms with Gasteiger partial charge in [-0.05, 0) is 34.1 Å².